The van der Waals surface area contributed by atoms with Crippen LogP contribution < -0.4 is 0 Å². The van der Waals surface area contributed by atoms with Crippen molar-refractivity contribution in [3.63, 3.8) is 0 Å². The van der Waals surface area contributed by atoms with Gasteiger partial charge in [-0.25, -0.2) is 0 Å². The van der Waals surface area contributed by atoms with Crippen molar-refractivity contribution in [1.82, 2.24) is 0 Å². The predicted molar refractivity (Wildman–Crippen MR) is 122 cm³/mol. The fourth-order valence-corrected chi connectivity index (χ4v) is 4.25. The number of unbranched alkanes of at least 4 members (excludes halogenated alkanes) is 12. The van der Waals surface area contributed by atoms with E-state index in [4.69, 9.17) is 9.47 Å². The van der Waals surface area contributed by atoms with E-state index in [1.807, 2.05) is 0 Å². The molecule has 0 bridgehead atoms. The molecule has 180 valence electrons. The number of aliphatic hydroxyl groups excluding tert-OH is 3. The first-order valence-corrected chi connectivity index (χ1v) is 12.9. The number of aliphatic hydroxyl groups is 3. The molecule has 1 aliphatic rings. The quantitative estimate of drug-likeness (QED) is 0.241. The largest absolute Gasteiger partial charge is 0.388 e. The van der Waals surface area contributed by atoms with Crippen molar-refractivity contribution in [3.05, 3.63) is 0 Å². The molecule has 3 N–H and O–H groups in total. The zero-order valence-electron chi connectivity index (χ0n) is 19.8. The van der Waals surface area contributed by atoms with Crippen LogP contribution in [0.25, 0.3) is 0 Å². The van der Waals surface area contributed by atoms with Crippen molar-refractivity contribution in [2.45, 2.75) is 141 Å². The van der Waals surface area contributed by atoms with Crippen LogP contribution in [0.1, 0.15) is 117 Å². The van der Waals surface area contributed by atoms with Crippen molar-refractivity contribution in [1.29, 1.82) is 0 Å². The highest BCUT2D eigenvalue weighted by atomic mass is 16.7. The molecule has 0 aromatic rings. The lowest BCUT2D eigenvalue weighted by atomic mass is 9.94. The molecule has 1 unspecified atom stereocenters. The van der Waals surface area contributed by atoms with Gasteiger partial charge in [0.15, 0.2) is 6.29 Å². The van der Waals surface area contributed by atoms with Gasteiger partial charge in [-0.05, 0) is 18.8 Å². The van der Waals surface area contributed by atoms with Gasteiger partial charge >= 0.3 is 0 Å². The van der Waals surface area contributed by atoms with E-state index < -0.39 is 24.6 Å². The number of ether oxygens (including phenoxy) is 2. The van der Waals surface area contributed by atoms with Gasteiger partial charge in [0.1, 0.15) is 18.3 Å². The minimum absolute atomic E-state index is 0.00300. The smallest absolute Gasteiger partial charge is 0.186 e. The summed E-state index contributed by atoms with van der Waals surface area (Å²) in [5.74, 6) is 0.469. The predicted octanol–water partition coefficient (Wildman–Crippen LogP) is 5.34. The van der Waals surface area contributed by atoms with Crippen LogP contribution in [-0.4, -0.2) is 53.1 Å². The Morgan fingerprint density at radius 2 is 1.17 bits per heavy atom. The second kappa shape index (κ2) is 18.4. The topological polar surface area (TPSA) is 79.2 Å². The molecule has 0 aliphatic carbocycles. The normalized spacial score (nSPS) is 25.5. The zero-order valence-corrected chi connectivity index (χ0v) is 19.8. The highest BCUT2D eigenvalue weighted by Crippen LogP contribution is 2.23. The molecule has 5 atom stereocenters. The molecule has 1 saturated heterocycles. The van der Waals surface area contributed by atoms with E-state index >= 15 is 0 Å². The molecule has 0 radical (unpaired) electrons. The Morgan fingerprint density at radius 3 is 1.67 bits per heavy atom. The summed E-state index contributed by atoms with van der Waals surface area (Å²) in [7, 11) is 0. The fraction of sp³-hybridized carbons (Fsp3) is 1.00. The van der Waals surface area contributed by atoms with Gasteiger partial charge in [0, 0.05) is 0 Å². The summed E-state index contributed by atoms with van der Waals surface area (Å²) in [6, 6.07) is 0. The molecule has 0 aromatic carbocycles. The lowest BCUT2D eigenvalue weighted by molar-refractivity contribution is -0.272. The van der Waals surface area contributed by atoms with Gasteiger partial charge in [0.2, 0.25) is 0 Å². The van der Waals surface area contributed by atoms with E-state index in [9.17, 15) is 15.3 Å². The molecule has 0 spiro atoms. The summed E-state index contributed by atoms with van der Waals surface area (Å²) < 4.78 is 11.3. The fourth-order valence-electron chi connectivity index (χ4n) is 4.25. The summed E-state index contributed by atoms with van der Waals surface area (Å²) >= 11 is 0. The van der Waals surface area contributed by atoms with E-state index in [-0.39, 0.29) is 6.61 Å². The lowest BCUT2D eigenvalue weighted by Gasteiger charge is -2.35. The minimum atomic E-state index is -1.20. The van der Waals surface area contributed by atoms with E-state index in [0.29, 0.717) is 12.5 Å². The maximum absolute atomic E-state index is 10.1. The van der Waals surface area contributed by atoms with Crippen LogP contribution in [0.2, 0.25) is 0 Å². The number of hydrogen-bond acceptors (Lipinski definition) is 5. The first-order valence-electron chi connectivity index (χ1n) is 12.9. The van der Waals surface area contributed by atoms with E-state index in [0.717, 1.165) is 12.8 Å². The Kier molecular flexibility index (Phi) is 17.1. The van der Waals surface area contributed by atoms with Gasteiger partial charge < -0.3 is 24.8 Å². The van der Waals surface area contributed by atoms with E-state index in [1.54, 1.807) is 0 Å². The molecule has 5 nitrogen and oxygen atoms in total. The van der Waals surface area contributed by atoms with E-state index in [1.165, 1.54) is 89.9 Å². The Hall–Kier alpha value is -0.200. The first kappa shape index (κ1) is 27.8. The highest BCUT2D eigenvalue weighted by Gasteiger charge is 2.38. The molecular weight excluding hydrogens is 380 g/mol. The SMILES string of the molecule is CCCCCCCCCCC(CCCCCCCC)CO[C@@H]1OC[C@@H](O)[C@H](O)[C@H]1O. The third-order valence-corrected chi connectivity index (χ3v) is 6.38. The molecule has 30 heavy (non-hydrogen) atoms. The molecule has 0 saturated carbocycles. The van der Waals surface area contributed by atoms with Crippen LogP contribution in [-0.2, 0) is 9.47 Å². The second-order valence-corrected chi connectivity index (χ2v) is 9.27. The summed E-state index contributed by atoms with van der Waals surface area (Å²) in [6.45, 7) is 5.06. The third kappa shape index (κ3) is 12.6. The van der Waals surface area contributed by atoms with Crippen molar-refractivity contribution >= 4 is 0 Å². The van der Waals surface area contributed by atoms with Crippen LogP contribution >= 0.6 is 0 Å². The summed E-state index contributed by atoms with van der Waals surface area (Å²) in [5.41, 5.74) is 0. The van der Waals surface area contributed by atoms with Crippen LogP contribution in [0.5, 0.6) is 0 Å². The first-order chi connectivity index (χ1) is 14.6. The molecule has 5 heteroatoms. The van der Waals surface area contributed by atoms with Gasteiger partial charge in [0.05, 0.1) is 13.2 Å². The average Bonchev–Trinajstić information content (AvgIpc) is 2.75. The van der Waals surface area contributed by atoms with Crippen molar-refractivity contribution < 1.29 is 24.8 Å². The molecule has 0 aromatic heterocycles. The molecule has 1 aliphatic heterocycles. The number of rotatable bonds is 19. The Morgan fingerprint density at radius 1 is 0.700 bits per heavy atom. The van der Waals surface area contributed by atoms with Crippen molar-refractivity contribution in [2.75, 3.05) is 13.2 Å². The second-order valence-electron chi connectivity index (χ2n) is 9.27. The molecular formula is C25H50O5. The summed E-state index contributed by atoms with van der Waals surface area (Å²) in [5, 5.41) is 29.5. The molecule has 1 rings (SSSR count). The number of hydrogen-bond donors (Lipinski definition) is 3. The van der Waals surface area contributed by atoms with Crippen molar-refractivity contribution in [3.8, 4) is 0 Å². The molecule has 1 heterocycles. The van der Waals surface area contributed by atoms with Crippen LogP contribution in [0.15, 0.2) is 0 Å². The Balaban J connectivity index is 2.29. The van der Waals surface area contributed by atoms with Crippen LogP contribution in [0.3, 0.4) is 0 Å². The lowest BCUT2D eigenvalue weighted by Crippen LogP contribution is -2.53. The average molecular weight is 431 g/mol. The van der Waals surface area contributed by atoms with Crippen LogP contribution in [0, 0.1) is 5.92 Å². The maximum Gasteiger partial charge on any atom is 0.186 e. The van der Waals surface area contributed by atoms with E-state index in [2.05, 4.69) is 13.8 Å². The van der Waals surface area contributed by atoms with Gasteiger partial charge in [-0.2, -0.15) is 0 Å². The maximum atomic E-state index is 10.1. The highest BCUT2D eigenvalue weighted by molar-refractivity contribution is 4.82. The van der Waals surface area contributed by atoms with Gasteiger partial charge in [0.25, 0.3) is 0 Å². The summed E-state index contributed by atoms with van der Waals surface area (Å²) in [6.07, 6.45) is 16.4. The van der Waals surface area contributed by atoms with Gasteiger partial charge in [-0.1, -0.05) is 104 Å². The van der Waals surface area contributed by atoms with Crippen LogP contribution in [0.4, 0.5) is 0 Å². The van der Waals surface area contributed by atoms with Gasteiger partial charge in [-0.3, -0.25) is 0 Å². The standard InChI is InChI=1S/C25H50O5/c1-3-5-7-9-11-12-14-16-18-21(17-15-13-10-8-6-4-2)19-29-25-24(28)23(27)22(26)20-30-25/h21-28H,3-20H2,1-2H3/t21?,22-,23+,24-,25-/m1/s1. The zero-order chi connectivity index (χ0) is 22.0. The monoisotopic (exact) mass is 430 g/mol. The van der Waals surface area contributed by atoms with Gasteiger partial charge in [-0.15, -0.1) is 0 Å². The minimum Gasteiger partial charge on any atom is -0.388 e. The molecule has 0 amide bonds. The van der Waals surface area contributed by atoms with Crippen molar-refractivity contribution in [2.24, 2.45) is 5.92 Å². The Labute approximate surface area is 185 Å². The molecule has 1 fully saturated rings. The summed E-state index contributed by atoms with van der Waals surface area (Å²) in [4.78, 5) is 0. The Bertz CT molecular complexity index is 379. The third-order valence-electron chi connectivity index (χ3n) is 6.38.